The molecule has 0 aromatic heterocycles. The van der Waals surface area contributed by atoms with Crippen molar-refractivity contribution >= 4 is 22.4 Å². The van der Waals surface area contributed by atoms with Crippen molar-refractivity contribution in [2.24, 2.45) is 0 Å². The topological polar surface area (TPSA) is 93.9 Å². The molecule has 4 aromatic carbocycles. The molecule has 0 radical (unpaired) electrons. The van der Waals surface area contributed by atoms with Gasteiger partial charge in [-0.15, -0.1) is 0 Å². The number of benzene rings is 4. The van der Waals surface area contributed by atoms with Crippen LogP contribution < -0.4 is 14.8 Å². The maximum atomic E-state index is 13.3. The number of para-hydroxylation sites is 1. The quantitative estimate of drug-likeness (QED) is 0.292. The van der Waals surface area contributed by atoms with E-state index in [4.69, 9.17) is 9.47 Å². The fraction of sp³-hybridized carbons (Fsp3) is 0.233. The van der Waals surface area contributed by atoms with Gasteiger partial charge in [0.1, 0.15) is 6.61 Å². The van der Waals surface area contributed by atoms with E-state index in [1.165, 1.54) is 0 Å². The summed E-state index contributed by atoms with van der Waals surface area (Å²) in [5.41, 5.74) is 1.64. The SMILES string of the molecule is COc1cc([C@@H]2CN(C)[C@@]3(C(=O)Nc4ccccc43)[C@@H]2[N+](=O)[O-])ccc1OCc1cccc2ccccc12. The van der Waals surface area contributed by atoms with Crippen molar-refractivity contribution in [1.29, 1.82) is 0 Å². The van der Waals surface area contributed by atoms with E-state index in [0.29, 0.717) is 35.9 Å². The Balaban J connectivity index is 1.33. The molecule has 0 bridgehead atoms. The summed E-state index contributed by atoms with van der Waals surface area (Å²) in [7, 11) is 3.33. The van der Waals surface area contributed by atoms with Gasteiger partial charge in [0.15, 0.2) is 17.0 Å². The molecular weight excluding hydrogens is 482 g/mol. The summed E-state index contributed by atoms with van der Waals surface area (Å²) in [6.07, 6.45) is 0. The van der Waals surface area contributed by atoms with Crippen LogP contribution in [0.5, 0.6) is 11.5 Å². The van der Waals surface area contributed by atoms with Crippen molar-refractivity contribution in [2.45, 2.75) is 24.1 Å². The highest BCUT2D eigenvalue weighted by Gasteiger charge is 2.68. The first-order chi connectivity index (χ1) is 18.4. The lowest BCUT2D eigenvalue weighted by atomic mass is 9.79. The zero-order chi connectivity index (χ0) is 26.4. The van der Waals surface area contributed by atoms with E-state index in [1.54, 1.807) is 38.4 Å². The Labute approximate surface area is 219 Å². The van der Waals surface area contributed by atoms with Gasteiger partial charge >= 0.3 is 0 Å². The van der Waals surface area contributed by atoms with Crippen LogP contribution in [0.1, 0.15) is 22.6 Å². The van der Waals surface area contributed by atoms with Gasteiger partial charge < -0.3 is 14.8 Å². The van der Waals surface area contributed by atoms with Crippen molar-refractivity contribution in [3.63, 3.8) is 0 Å². The molecule has 1 spiro atoms. The molecule has 6 rings (SSSR count). The third kappa shape index (κ3) is 3.52. The molecule has 0 unspecified atom stereocenters. The molecule has 0 saturated carbocycles. The van der Waals surface area contributed by atoms with Crippen LogP contribution in [-0.2, 0) is 16.9 Å². The Morgan fingerprint density at radius 2 is 1.79 bits per heavy atom. The smallest absolute Gasteiger partial charge is 0.256 e. The molecule has 38 heavy (non-hydrogen) atoms. The van der Waals surface area contributed by atoms with E-state index in [0.717, 1.165) is 21.9 Å². The minimum Gasteiger partial charge on any atom is -0.493 e. The molecule has 192 valence electrons. The lowest BCUT2D eigenvalue weighted by Gasteiger charge is -2.30. The maximum absolute atomic E-state index is 13.3. The first-order valence-electron chi connectivity index (χ1n) is 12.5. The fourth-order valence-electron chi connectivity index (χ4n) is 6.19. The first kappa shape index (κ1) is 23.9. The highest BCUT2D eigenvalue weighted by Crippen LogP contribution is 2.52. The molecule has 2 aliphatic heterocycles. The number of likely N-dealkylation sites (tertiary alicyclic amines) is 1. The Kier molecular flexibility index (Phi) is 5.76. The van der Waals surface area contributed by atoms with Gasteiger partial charge in [-0.2, -0.15) is 0 Å². The van der Waals surface area contributed by atoms with Crippen LogP contribution in [0.4, 0.5) is 5.69 Å². The van der Waals surface area contributed by atoms with Gasteiger partial charge in [-0.25, -0.2) is 0 Å². The number of nitrogens with one attached hydrogen (secondary N) is 1. The minimum absolute atomic E-state index is 0.312. The van der Waals surface area contributed by atoms with Crippen LogP contribution in [0.2, 0.25) is 0 Å². The lowest BCUT2D eigenvalue weighted by Crippen LogP contribution is -2.54. The Morgan fingerprint density at radius 1 is 1.03 bits per heavy atom. The third-order valence-corrected chi connectivity index (χ3v) is 7.92. The molecule has 3 atom stereocenters. The van der Waals surface area contributed by atoms with Gasteiger partial charge in [0, 0.05) is 22.7 Å². The van der Waals surface area contributed by atoms with Crippen molar-refractivity contribution in [1.82, 2.24) is 4.90 Å². The number of hydrogen-bond donors (Lipinski definition) is 1. The highest BCUT2D eigenvalue weighted by atomic mass is 16.6. The van der Waals surface area contributed by atoms with Crippen molar-refractivity contribution in [3.8, 4) is 11.5 Å². The summed E-state index contributed by atoms with van der Waals surface area (Å²) in [5.74, 6) is 0.136. The number of nitro groups is 1. The van der Waals surface area contributed by atoms with Crippen molar-refractivity contribution in [2.75, 3.05) is 26.0 Å². The lowest BCUT2D eigenvalue weighted by molar-refractivity contribution is -0.534. The normalized spacial score (nSPS) is 22.4. The number of carbonyl (C=O) groups excluding carboxylic acids is 1. The minimum atomic E-state index is -1.39. The van der Waals surface area contributed by atoms with E-state index in [1.807, 2.05) is 47.4 Å². The van der Waals surface area contributed by atoms with Crippen LogP contribution in [0, 0.1) is 10.1 Å². The summed E-state index contributed by atoms with van der Waals surface area (Å²) in [5, 5.41) is 17.7. The fourth-order valence-corrected chi connectivity index (χ4v) is 6.19. The third-order valence-electron chi connectivity index (χ3n) is 7.92. The molecule has 0 aliphatic carbocycles. The maximum Gasteiger partial charge on any atom is 0.256 e. The van der Waals surface area contributed by atoms with E-state index in [9.17, 15) is 14.9 Å². The molecule has 8 nitrogen and oxygen atoms in total. The molecule has 1 saturated heterocycles. The number of amides is 1. The zero-order valence-corrected chi connectivity index (χ0v) is 21.1. The number of hydrogen-bond acceptors (Lipinski definition) is 6. The van der Waals surface area contributed by atoms with E-state index < -0.39 is 17.5 Å². The predicted octanol–water partition coefficient (Wildman–Crippen LogP) is 4.95. The summed E-state index contributed by atoms with van der Waals surface area (Å²) in [6.45, 7) is 0.688. The summed E-state index contributed by atoms with van der Waals surface area (Å²) >= 11 is 0. The second-order valence-corrected chi connectivity index (χ2v) is 9.82. The van der Waals surface area contributed by atoms with Gasteiger partial charge in [0.25, 0.3) is 11.9 Å². The number of nitrogens with zero attached hydrogens (tertiary/aromatic N) is 2. The second-order valence-electron chi connectivity index (χ2n) is 9.82. The second kappa shape index (κ2) is 9.15. The highest BCUT2D eigenvalue weighted by molar-refractivity contribution is 6.06. The molecule has 1 N–H and O–H groups in total. The molecule has 1 fully saturated rings. The number of likely N-dealkylation sites (N-methyl/N-ethyl adjacent to an activating group) is 1. The number of carbonyl (C=O) groups is 1. The molecule has 2 heterocycles. The number of fused-ring (bicyclic) bond motifs is 3. The first-order valence-corrected chi connectivity index (χ1v) is 12.5. The number of ether oxygens (including phenoxy) is 2. The van der Waals surface area contributed by atoms with Crippen LogP contribution in [-0.4, -0.2) is 42.5 Å². The molecule has 1 amide bonds. The average molecular weight is 510 g/mol. The number of anilines is 1. The van der Waals surface area contributed by atoms with Gasteiger partial charge in [-0.3, -0.25) is 19.8 Å². The van der Waals surface area contributed by atoms with Gasteiger partial charge in [-0.1, -0.05) is 66.7 Å². The largest absolute Gasteiger partial charge is 0.493 e. The van der Waals surface area contributed by atoms with Crippen LogP contribution in [0.3, 0.4) is 0 Å². The van der Waals surface area contributed by atoms with Crippen LogP contribution >= 0.6 is 0 Å². The monoisotopic (exact) mass is 509 g/mol. The van der Waals surface area contributed by atoms with Crippen molar-refractivity contribution < 1.29 is 19.2 Å². The average Bonchev–Trinajstić information content (AvgIpc) is 3.41. The molecule has 4 aromatic rings. The Bertz CT molecular complexity index is 1570. The van der Waals surface area contributed by atoms with Crippen molar-refractivity contribution in [3.05, 3.63) is 112 Å². The van der Waals surface area contributed by atoms with E-state index >= 15 is 0 Å². The number of methoxy groups -OCH3 is 1. The number of rotatable bonds is 6. The zero-order valence-electron chi connectivity index (χ0n) is 21.1. The summed E-state index contributed by atoms with van der Waals surface area (Å²) < 4.78 is 11.8. The molecule has 8 heteroatoms. The van der Waals surface area contributed by atoms with Gasteiger partial charge in [0.05, 0.1) is 13.0 Å². The Hall–Kier alpha value is -4.43. The molecule has 2 aliphatic rings. The van der Waals surface area contributed by atoms with Gasteiger partial charge in [0.2, 0.25) is 0 Å². The van der Waals surface area contributed by atoms with Crippen LogP contribution in [0.15, 0.2) is 84.9 Å². The van der Waals surface area contributed by atoms with Gasteiger partial charge in [-0.05, 0) is 47.1 Å². The summed E-state index contributed by atoms with van der Waals surface area (Å²) in [4.78, 5) is 27.4. The Morgan fingerprint density at radius 3 is 2.61 bits per heavy atom. The summed E-state index contributed by atoms with van der Waals surface area (Å²) in [6, 6.07) is 25.7. The molecular formula is C30H27N3O5. The standard InChI is InChI=1S/C30H27N3O5/c1-32-17-23(28(33(35)36)30(32)24-12-5-6-13-25(24)31-29(30)34)20-14-15-26(27(16-20)37-2)38-18-21-10-7-9-19-8-3-4-11-22(19)21/h3-16,23,28H,17-18H2,1-2H3,(H,31,34)/t23-,28+,30+/m0/s1. The van der Waals surface area contributed by atoms with E-state index in [-0.39, 0.29) is 10.8 Å². The van der Waals surface area contributed by atoms with Crippen LogP contribution in [0.25, 0.3) is 10.8 Å². The predicted molar refractivity (Wildman–Crippen MR) is 144 cm³/mol. The van der Waals surface area contributed by atoms with E-state index in [2.05, 4.69) is 23.5 Å².